The number of nitrogens with zero attached hydrogens (tertiary/aromatic N) is 1. The van der Waals surface area contributed by atoms with E-state index in [0.717, 1.165) is 5.56 Å². The van der Waals surface area contributed by atoms with Crippen LogP contribution in [-0.2, 0) is 10.0 Å². The molecule has 0 aliphatic heterocycles. The Morgan fingerprint density at radius 2 is 1.85 bits per heavy atom. The van der Waals surface area contributed by atoms with Gasteiger partial charge in [-0.2, -0.15) is 0 Å². The number of nitrogens with one attached hydrogen (secondary N) is 2. The summed E-state index contributed by atoms with van der Waals surface area (Å²) >= 11 is 0. The molecule has 20 heavy (non-hydrogen) atoms. The number of sulfonamides is 1. The van der Waals surface area contributed by atoms with E-state index in [4.69, 9.17) is 0 Å². The van der Waals surface area contributed by atoms with Crippen LogP contribution in [0.4, 0.5) is 5.69 Å². The third-order valence-corrected chi connectivity index (χ3v) is 4.54. The van der Waals surface area contributed by atoms with E-state index in [1.165, 1.54) is 6.20 Å². The van der Waals surface area contributed by atoms with E-state index in [2.05, 4.69) is 15.0 Å². The lowest BCUT2D eigenvalue weighted by atomic mass is 10.1. The van der Waals surface area contributed by atoms with E-state index in [1.54, 1.807) is 19.3 Å². The zero-order chi connectivity index (χ0) is 14.6. The van der Waals surface area contributed by atoms with Gasteiger partial charge in [0.2, 0.25) is 10.0 Å². The van der Waals surface area contributed by atoms with Gasteiger partial charge >= 0.3 is 0 Å². The van der Waals surface area contributed by atoms with Crippen LogP contribution in [0.5, 0.6) is 0 Å². The van der Waals surface area contributed by atoms with Crippen LogP contribution in [-0.4, -0.2) is 20.4 Å². The predicted octanol–water partition coefficient (Wildman–Crippen LogP) is 2.16. The molecule has 1 aromatic carbocycles. The van der Waals surface area contributed by atoms with Crippen LogP contribution in [0.3, 0.4) is 0 Å². The summed E-state index contributed by atoms with van der Waals surface area (Å²) in [7, 11) is -1.95. The SMILES string of the molecule is CNc1ccncc1S(=O)(=O)NC(C)c1ccccc1. The van der Waals surface area contributed by atoms with Crippen molar-refractivity contribution in [2.45, 2.75) is 17.9 Å². The van der Waals surface area contributed by atoms with Crippen molar-refractivity contribution in [1.29, 1.82) is 0 Å². The number of benzene rings is 1. The van der Waals surface area contributed by atoms with Gasteiger partial charge in [0.05, 0.1) is 5.69 Å². The van der Waals surface area contributed by atoms with E-state index >= 15 is 0 Å². The highest BCUT2D eigenvalue weighted by Crippen LogP contribution is 2.21. The number of hydrogen-bond donors (Lipinski definition) is 2. The zero-order valence-corrected chi connectivity index (χ0v) is 12.2. The molecule has 1 aromatic heterocycles. The van der Waals surface area contributed by atoms with Crippen molar-refractivity contribution in [3.63, 3.8) is 0 Å². The average molecular weight is 291 g/mol. The van der Waals surface area contributed by atoms with E-state index in [9.17, 15) is 8.42 Å². The van der Waals surface area contributed by atoms with Crippen molar-refractivity contribution in [3.8, 4) is 0 Å². The van der Waals surface area contributed by atoms with Crippen LogP contribution in [0, 0.1) is 0 Å². The minimum Gasteiger partial charge on any atom is -0.387 e. The standard InChI is InChI=1S/C14H17N3O2S/c1-11(12-6-4-3-5-7-12)17-20(18,19)14-10-16-9-8-13(14)15-2/h3-11,17H,1-2H3,(H,15,16). The molecule has 0 aliphatic carbocycles. The molecule has 0 amide bonds. The smallest absolute Gasteiger partial charge is 0.244 e. The van der Waals surface area contributed by atoms with E-state index in [0.29, 0.717) is 5.69 Å². The van der Waals surface area contributed by atoms with Crippen molar-refractivity contribution in [2.24, 2.45) is 0 Å². The second-order valence-electron chi connectivity index (χ2n) is 4.38. The van der Waals surface area contributed by atoms with Gasteiger partial charge in [-0.1, -0.05) is 30.3 Å². The topological polar surface area (TPSA) is 71.1 Å². The lowest BCUT2D eigenvalue weighted by Gasteiger charge is -2.16. The minimum atomic E-state index is -3.63. The average Bonchev–Trinajstić information content (AvgIpc) is 2.47. The maximum Gasteiger partial charge on any atom is 0.244 e. The molecule has 106 valence electrons. The van der Waals surface area contributed by atoms with Crippen LogP contribution in [0.1, 0.15) is 18.5 Å². The summed E-state index contributed by atoms with van der Waals surface area (Å²) in [5, 5.41) is 2.86. The third-order valence-electron chi connectivity index (χ3n) is 2.97. The molecule has 0 spiro atoms. The van der Waals surface area contributed by atoms with Crippen LogP contribution < -0.4 is 10.0 Å². The third kappa shape index (κ3) is 3.15. The number of aromatic nitrogens is 1. The largest absolute Gasteiger partial charge is 0.387 e. The van der Waals surface area contributed by atoms with E-state index in [1.807, 2.05) is 37.3 Å². The number of pyridine rings is 1. The van der Waals surface area contributed by atoms with Crippen molar-refractivity contribution < 1.29 is 8.42 Å². The fourth-order valence-electron chi connectivity index (χ4n) is 1.91. The Bertz CT molecular complexity index is 672. The normalized spacial score (nSPS) is 12.9. The number of hydrogen-bond acceptors (Lipinski definition) is 4. The molecule has 2 aromatic rings. The molecule has 0 saturated heterocycles. The van der Waals surface area contributed by atoms with E-state index in [-0.39, 0.29) is 10.9 Å². The molecule has 0 bridgehead atoms. The lowest BCUT2D eigenvalue weighted by molar-refractivity contribution is 0.567. The molecule has 0 fully saturated rings. The summed E-state index contributed by atoms with van der Waals surface area (Å²) in [6.45, 7) is 1.81. The number of anilines is 1. The first-order chi connectivity index (χ1) is 9.54. The molecule has 2 N–H and O–H groups in total. The Hall–Kier alpha value is -1.92. The first-order valence-corrected chi connectivity index (χ1v) is 7.72. The molecule has 0 aliphatic rings. The Labute approximate surface area is 119 Å². The molecule has 1 unspecified atom stereocenters. The van der Waals surface area contributed by atoms with Crippen molar-refractivity contribution >= 4 is 15.7 Å². The van der Waals surface area contributed by atoms with Crippen LogP contribution in [0.25, 0.3) is 0 Å². The molecular formula is C14H17N3O2S. The van der Waals surface area contributed by atoms with Gasteiger partial charge in [0.1, 0.15) is 4.90 Å². The Morgan fingerprint density at radius 1 is 1.15 bits per heavy atom. The molecule has 1 atom stereocenters. The molecule has 1 heterocycles. The predicted molar refractivity (Wildman–Crippen MR) is 79.0 cm³/mol. The van der Waals surface area contributed by atoms with Gasteiger partial charge in [-0.05, 0) is 18.6 Å². The summed E-state index contributed by atoms with van der Waals surface area (Å²) in [6.07, 6.45) is 2.89. The molecular weight excluding hydrogens is 274 g/mol. The monoisotopic (exact) mass is 291 g/mol. The van der Waals surface area contributed by atoms with Crippen LogP contribution in [0.2, 0.25) is 0 Å². The Balaban J connectivity index is 2.28. The van der Waals surface area contributed by atoms with Crippen molar-refractivity contribution in [3.05, 3.63) is 54.4 Å². The molecule has 5 nitrogen and oxygen atoms in total. The van der Waals surface area contributed by atoms with Gasteiger partial charge in [0.15, 0.2) is 0 Å². The number of rotatable bonds is 5. The fraction of sp³-hybridized carbons (Fsp3) is 0.214. The summed E-state index contributed by atoms with van der Waals surface area (Å²) in [6, 6.07) is 10.7. The fourth-order valence-corrected chi connectivity index (χ4v) is 3.29. The molecule has 2 rings (SSSR count). The first-order valence-electron chi connectivity index (χ1n) is 6.23. The van der Waals surface area contributed by atoms with Crippen molar-refractivity contribution in [1.82, 2.24) is 9.71 Å². The maximum atomic E-state index is 12.4. The second kappa shape index (κ2) is 6.02. The van der Waals surface area contributed by atoms with Crippen LogP contribution >= 0.6 is 0 Å². The van der Waals surface area contributed by atoms with Gasteiger partial charge in [0.25, 0.3) is 0 Å². The second-order valence-corrected chi connectivity index (χ2v) is 6.06. The van der Waals surface area contributed by atoms with Gasteiger partial charge < -0.3 is 5.32 Å². The first kappa shape index (κ1) is 14.5. The van der Waals surface area contributed by atoms with Crippen LogP contribution in [0.15, 0.2) is 53.7 Å². The van der Waals surface area contributed by atoms with Gasteiger partial charge in [-0.3, -0.25) is 4.98 Å². The maximum absolute atomic E-state index is 12.4. The molecule has 6 heteroatoms. The minimum absolute atomic E-state index is 0.144. The van der Waals surface area contributed by atoms with Gasteiger partial charge in [0, 0.05) is 25.5 Å². The Kier molecular flexibility index (Phi) is 4.36. The zero-order valence-electron chi connectivity index (χ0n) is 11.4. The molecule has 0 radical (unpaired) electrons. The molecule has 0 saturated carbocycles. The highest BCUT2D eigenvalue weighted by Gasteiger charge is 2.21. The van der Waals surface area contributed by atoms with Gasteiger partial charge in [-0.15, -0.1) is 0 Å². The summed E-state index contributed by atoms with van der Waals surface area (Å²) < 4.78 is 27.5. The summed E-state index contributed by atoms with van der Waals surface area (Å²) in [5.41, 5.74) is 1.43. The lowest BCUT2D eigenvalue weighted by Crippen LogP contribution is -2.27. The van der Waals surface area contributed by atoms with Crippen molar-refractivity contribution in [2.75, 3.05) is 12.4 Å². The highest BCUT2D eigenvalue weighted by atomic mass is 32.2. The van der Waals surface area contributed by atoms with E-state index < -0.39 is 10.0 Å². The Morgan fingerprint density at radius 3 is 2.50 bits per heavy atom. The summed E-state index contributed by atoms with van der Waals surface area (Å²) in [4.78, 5) is 4.02. The van der Waals surface area contributed by atoms with Gasteiger partial charge in [-0.25, -0.2) is 13.1 Å². The quantitative estimate of drug-likeness (QED) is 0.885. The summed E-state index contributed by atoms with van der Waals surface area (Å²) in [5.74, 6) is 0. The highest BCUT2D eigenvalue weighted by molar-refractivity contribution is 7.89.